The van der Waals surface area contributed by atoms with Crippen LogP contribution in [0, 0.1) is 6.92 Å². The summed E-state index contributed by atoms with van der Waals surface area (Å²) in [6, 6.07) is 1.26. The number of pyridine rings is 1. The molecule has 0 saturated carbocycles. The van der Waals surface area contributed by atoms with E-state index in [1.54, 1.807) is 13.8 Å². The molecule has 0 fully saturated rings. The Morgan fingerprint density at radius 3 is 2.75 bits per heavy atom. The normalized spacial score (nSPS) is 10.6. The zero-order chi connectivity index (χ0) is 12.3. The minimum Gasteiger partial charge on any atom is -0.462 e. The van der Waals surface area contributed by atoms with Crippen LogP contribution >= 0.6 is 11.6 Å². The smallest absolute Gasteiger partial charge is 0.340 e. The summed E-state index contributed by atoms with van der Waals surface area (Å²) in [5.41, 5.74) is -0.429. The average Bonchev–Trinajstić information content (AvgIpc) is 2.21. The van der Waals surface area contributed by atoms with E-state index in [-0.39, 0.29) is 17.3 Å². The maximum Gasteiger partial charge on any atom is 0.340 e. The van der Waals surface area contributed by atoms with Gasteiger partial charge in [0.2, 0.25) is 0 Å². The third-order valence-electron chi connectivity index (χ3n) is 1.88. The van der Waals surface area contributed by atoms with E-state index >= 15 is 0 Å². The van der Waals surface area contributed by atoms with Crippen molar-refractivity contribution in [1.82, 2.24) is 4.98 Å². The summed E-state index contributed by atoms with van der Waals surface area (Å²) in [5, 5.41) is -0.0386. The van der Waals surface area contributed by atoms with Gasteiger partial charge in [-0.1, -0.05) is 11.6 Å². The molecule has 1 heterocycles. The lowest BCUT2D eigenvalue weighted by molar-refractivity contribution is 0.0513. The van der Waals surface area contributed by atoms with E-state index in [2.05, 4.69) is 9.72 Å². The Labute approximate surface area is 96.4 Å². The first-order chi connectivity index (χ1) is 7.47. The number of carbonyl (C=O) groups is 1. The number of nitrogens with zero attached hydrogens (tertiary/aromatic N) is 1. The molecule has 0 aliphatic heterocycles. The van der Waals surface area contributed by atoms with Crippen LogP contribution in [0.15, 0.2) is 6.07 Å². The molecule has 3 nitrogen and oxygen atoms in total. The van der Waals surface area contributed by atoms with Gasteiger partial charge in [-0.05, 0) is 25.5 Å². The number of hydrogen-bond donors (Lipinski definition) is 0. The van der Waals surface area contributed by atoms with E-state index in [0.717, 1.165) is 0 Å². The summed E-state index contributed by atoms with van der Waals surface area (Å²) in [6.07, 6.45) is -2.86. The van der Waals surface area contributed by atoms with Gasteiger partial charge in [-0.3, -0.25) is 0 Å². The molecule has 0 radical (unpaired) electrons. The van der Waals surface area contributed by atoms with Gasteiger partial charge in [0.1, 0.15) is 10.8 Å². The maximum absolute atomic E-state index is 12.6. The number of aryl methyl sites for hydroxylation is 1. The molecule has 0 bridgehead atoms. The van der Waals surface area contributed by atoms with Crippen molar-refractivity contribution in [2.75, 3.05) is 6.61 Å². The van der Waals surface area contributed by atoms with E-state index in [9.17, 15) is 13.6 Å². The van der Waals surface area contributed by atoms with Crippen molar-refractivity contribution in [2.24, 2.45) is 0 Å². The number of carbonyl (C=O) groups excluding carboxylic acids is 1. The molecule has 1 aromatic rings. The first kappa shape index (κ1) is 12.8. The van der Waals surface area contributed by atoms with Crippen LogP contribution in [0.3, 0.4) is 0 Å². The predicted molar refractivity (Wildman–Crippen MR) is 54.9 cm³/mol. The first-order valence-electron chi connectivity index (χ1n) is 4.59. The second-order valence-electron chi connectivity index (χ2n) is 3.05. The second kappa shape index (κ2) is 5.21. The number of aromatic nitrogens is 1. The fourth-order valence-electron chi connectivity index (χ4n) is 1.14. The van der Waals surface area contributed by atoms with Gasteiger partial charge < -0.3 is 4.74 Å². The Morgan fingerprint density at radius 2 is 2.25 bits per heavy atom. The topological polar surface area (TPSA) is 39.2 Å². The highest BCUT2D eigenvalue weighted by atomic mass is 35.5. The number of halogens is 3. The van der Waals surface area contributed by atoms with E-state index in [1.165, 1.54) is 6.07 Å². The van der Waals surface area contributed by atoms with Gasteiger partial charge in [0, 0.05) is 0 Å². The number of alkyl halides is 2. The molecule has 16 heavy (non-hydrogen) atoms. The summed E-state index contributed by atoms with van der Waals surface area (Å²) in [5.74, 6) is -0.815. The second-order valence-corrected chi connectivity index (χ2v) is 3.41. The molecule has 88 valence electrons. The maximum atomic E-state index is 12.6. The van der Waals surface area contributed by atoms with Crippen molar-refractivity contribution < 1.29 is 18.3 Å². The van der Waals surface area contributed by atoms with Crippen LogP contribution in [-0.4, -0.2) is 17.6 Å². The highest BCUT2D eigenvalue weighted by Gasteiger charge is 2.22. The quantitative estimate of drug-likeness (QED) is 0.610. The van der Waals surface area contributed by atoms with Gasteiger partial charge in [-0.2, -0.15) is 0 Å². The monoisotopic (exact) mass is 249 g/mol. The average molecular weight is 250 g/mol. The molecule has 0 aromatic carbocycles. The van der Waals surface area contributed by atoms with Crippen molar-refractivity contribution in [3.8, 4) is 0 Å². The fourth-order valence-corrected chi connectivity index (χ4v) is 1.29. The van der Waals surface area contributed by atoms with Crippen LogP contribution in [0.4, 0.5) is 8.78 Å². The van der Waals surface area contributed by atoms with E-state index in [0.29, 0.717) is 5.56 Å². The standard InChI is InChI=1S/C10H10ClF2NO2/c1-3-16-10(15)6-4-5(2)8(11)14-7(6)9(12)13/h4,9H,3H2,1-2H3. The molecule has 1 rings (SSSR count). The lowest BCUT2D eigenvalue weighted by Gasteiger charge is -2.09. The number of esters is 1. The fraction of sp³-hybridized carbons (Fsp3) is 0.400. The molecule has 1 aromatic heterocycles. The van der Waals surface area contributed by atoms with Crippen LogP contribution in [0.5, 0.6) is 0 Å². The molecular formula is C10H10ClF2NO2. The van der Waals surface area contributed by atoms with Crippen molar-refractivity contribution in [3.63, 3.8) is 0 Å². The minimum atomic E-state index is -2.86. The first-order valence-corrected chi connectivity index (χ1v) is 4.97. The van der Waals surface area contributed by atoms with Gasteiger partial charge in [0.25, 0.3) is 6.43 Å². The van der Waals surface area contributed by atoms with E-state index < -0.39 is 18.1 Å². The van der Waals surface area contributed by atoms with E-state index in [1.807, 2.05) is 0 Å². The molecule has 0 saturated heterocycles. The molecule has 0 unspecified atom stereocenters. The van der Waals surface area contributed by atoms with Crippen LogP contribution in [0.2, 0.25) is 5.15 Å². The van der Waals surface area contributed by atoms with Crippen LogP contribution in [0.1, 0.15) is 35.0 Å². The Kier molecular flexibility index (Phi) is 4.18. The molecule has 0 amide bonds. The van der Waals surface area contributed by atoms with Crippen molar-refractivity contribution in [1.29, 1.82) is 0 Å². The van der Waals surface area contributed by atoms with Gasteiger partial charge in [0.15, 0.2) is 0 Å². The van der Waals surface area contributed by atoms with Crippen molar-refractivity contribution >= 4 is 17.6 Å². The van der Waals surface area contributed by atoms with Crippen LogP contribution in [-0.2, 0) is 4.74 Å². The van der Waals surface area contributed by atoms with Crippen molar-refractivity contribution in [3.05, 3.63) is 28.0 Å². The number of rotatable bonds is 3. The Bertz CT molecular complexity index is 410. The lowest BCUT2D eigenvalue weighted by Crippen LogP contribution is -2.11. The van der Waals surface area contributed by atoms with Gasteiger partial charge in [-0.25, -0.2) is 18.6 Å². The van der Waals surface area contributed by atoms with E-state index in [4.69, 9.17) is 11.6 Å². The third kappa shape index (κ3) is 2.66. The highest BCUT2D eigenvalue weighted by Crippen LogP contribution is 2.25. The van der Waals surface area contributed by atoms with Gasteiger partial charge in [-0.15, -0.1) is 0 Å². The summed E-state index contributed by atoms with van der Waals surface area (Å²) in [7, 11) is 0. The Hall–Kier alpha value is -1.23. The highest BCUT2D eigenvalue weighted by molar-refractivity contribution is 6.30. The minimum absolute atomic E-state index is 0.0386. The Balaban J connectivity index is 3.24. The van der Waals surface area contributed by atoms with Gasteiger partial charge >= 0.3 is 5.97 Å². The predicted octanol–water partition coefficient (Wildman–Crippen LogP) is 3.16. The molecule has 0 aliphatic carbocycles. The molecule has 0 spiro atoms. The van der Waals surface area contributed by atoms with Crippen molar-refractivity contribution in [2.45, 2.75) is 20.3 Å². The van der Waals surface area contributed by atoms with Crippen LogP contribution < -0.4 is 0 Å². The summed E-state index contributed by atoms with van der Waals surface area (Å²) < 4.78 is 29.9. The molecule has 0 aliphatic rings. The molecular weight excluding hydrogens is 240 g/mol. The Morgan fingerprint density at radius 1 is 1.62 bits per heavy atom. The summed E-state index contributed by atoms with van der Waals surface area (Å²) in [4.78, 5) is 14.9. The number of hydrogen-bond acceptors (Lipinski definition) is 3. The number of ether oxygens (including phenoxy) is 1. The largest absolute Gasteiger partial charge is 0.462 e. The third-order valence-corrected chi connectivity index (χ3v) is 2.27. The molecule has 6 heteroatoms. The van der Waals surface area contributed by atoms with Crippen LogP contribution in [0.25, 0.3) is 0 Å². The van der Waals surface area contributed by atoms with Gasteiger partial charge in [0.05, 0.1) is 12.2 Å². The zero-order valence-electron chi connectivity index (χ0n) is 8.76. The zero-order valence-corrected chi connectivity index (χ0v) is 9.52. The molecule has 0 atom stereocenters. The molecule has 0 N–H and O–H groups in total. The lowest BCUT2D eigenvalue weighted by atomic mass is 10.1. The SMILES string of the molecule is CCOC(=O)c1cc(C)c(Cl)nc1C(F)F. The summed E-state index contributed by atoms with van der Waals surface area (Å²) >= 11 is 5.62. The summed E-state index contributed by atoms with van der Waals surface area (Å²) in [6.45, 7) is 3.28.